The summed E-state index contributed by atoms with van der Waals surface area (Å²) in [7, 11) is 0. The number of nitrogens with zero attached hydrogens (tertiary/aromatic N) is 3. The van der Waals surface area contributed by atoms with Gasteiger partial charge < -0.3 is 14.2 Å². The minimum atomic E-state index is -4.41. The maximum Gasteiger partial charge on any atom is 0.416 e. The van der Waals surface area contributed by atoms with Crippen molar-refractivity contribution in [3.05, 3.63) is 47.1 Å². The number of carbonyl (C=O) groups is 1. The van der Waals surface area contributed by atoms with Gasteiger partial charge in [0.25, 0.3) is 11.8 Å². The Morgan fingerprint density at radius 2 is 1.83 bits per heavy atom. The number of likely N-dealkylation sites (tertiary alicyclic amines) is 1. The first-order valence-electron chi connectivity index (χ1n) is 9.77. The van der Waals surface area contributed by atoms with Crippen molar-refractivity contribution in [3.63, 3.8) is 0 Å². The van der Waals surface area contributed by atoms with Gasteiger partial charge in [-0.2, -0.15) is 18.2 Å². The van der Waals surface area contributed by atoms with E-state index in [1.54, 1.807) is 4.90 Å². The van der Waals surface area contributed by atoms with Crippen LogP contribution in [0.5, 0.6) is 0 Å². The molecule has 29 heavy (non-hydrogen) atoms. The zero-order valence-corrected chi connectivity index (χ0v) is 15.8. The Bertz CT molecular complexity index is 839. The van der Waals surface area contributed by atoms with Crippen LogP contribution in [0.25, 0.3) is 0 Å². The quantitative estimate of drug-likeness (QED) is 0.721. The second-order valence-electron chi connectivity index (χ2n) is 7.65. The SMILES string of the molecule is O=C(c1ccc(C(F)(F)F)cc1)N1CCC(c2noc(COCC3CC3)n2)CC1. The summed E-state index contributed by atoms with van der Waals surface area (Å²) in [6.07, 6.45) is -0.618. The summed E-state index contributed by atoms with van der Waals surface area (Å²) in [5.41, 5.74) is -0.507. The lowest BCUT2D eigenvalue weighted by Crippen LogP contribution is -2.38. The number of piperidine rings is 1. The summed E-state index contributed by atoms with van der Waals surface area (Å²) in [5.74, 6) is 1.58. The number of hydrogen-bond acceptors (Lipinski definition) is 5. The summed E-state index contributed by atoms with van der Waals surface area (Å²) in [6, 6.07) is 4.33. The molecule has 1 aromatic heterocycles. The van der Waals surface area contributed by atoms with Crippen molar-refractivity contribution >= 4 is 5.91 Å². The lowest BCUT2D eigenvalue weighted by molar-refractivity contribution is -0.137. The van der Waals surface area contributed by atoms with E-state index >= 15 is 0 Å². The van der Waals surface area contributed by atoms with E-state index in [1.807, 2.05) is 0 Å². The third kappa shape index (κ3) is 4.95. The molecule has 0 atom stereocenters. The third-order valence-electron chi connectivity index (χ3n) is 5.37. The van der Waals surface area contributed by atoms with Crippen LogP contribution < -0.4 is 0 Å². The third-order valence-corrected chi connectivity index (χ3v) is 5.37. The summed E-state index contributed by atoms with van der Waals surface area (Å²) in [4.78, 5) is 18.6. The highest BCUT2D eigenvalue weighted by Crippen LogP contribution is 2.31. The van der Waals surface area contributed by atoms with E-state index in [9.17, 15) is 18.0 Å². The van der Waals surface area contributed by atoms with Gasteiger partial charge in [-0.25, -0.2) is 0 Å². The number of amides is 1. The van der Waals surface area contributed by atoms with Crippen molar-refractivity contribution in [2.75, 3.05) is 19.7 Å². The van der Waals surface area contributed by atoms with Gasteiger partial charge in [-0.15, -0.1) is 0 Å². The fourth-order valence-corrected chi connectivity index (χ4v) is 3.42. The number of ether oxygens (including phenoxy) is 1. The highest BCUT2D eigenvalue weighted by Gasteiger charge is 2.31. The normalized spacial score (nSPS) is 18.2. The van der Waals surface area contributed by atoms with Crippen LogP contribution >= 0.6 is 0 Å². The molecule has 1 saturated carbocycles. The van der Waals surface area contributed by atoms with Crippen molar-refractivity contribution < 1.29 is 27.2 Å². The standard InChI is InChI=1S/C20H22F3N3O3/c21-20(22,23)16-5-3-15(4-6-16)19(27)26-9-7-14(8-10-26)18-24-17(29-25-18)12-28-11-13-1-2-13/h3-6,13-14H,1-2,7-12H2. The van der Waals surface area contributed by atoms with E-state index in [0.29, 0.717) is 50.2 Å². The average molecular weight is 409 g/mol. The van der Waals surface area contributed by atoms with Crippen LogP contribution in [0.4, 0.5) is 13.2 Å². The van der Waals surface area contributed by atoms with Crippen LogP contribution in [-0.4, -0.2) is 40.6 Å². The Kier molecular flexibility index (Phi) is 5.58. The number of benzene rings is 1. The van der Waals surface area contributed by atoms with Gasteiger partial charge in [-0.05, 0) is 55.9 Å². The molecule has 156 valence electrons. The van der Waals surface area contributed by atoms with Gasteiger partial charge in [0.1, 0.15) is 6.61 Å². The Morgan fingerprint density at radius 3 is 2.45 bits per heavy atom. The van der Waals surface area contributed by atoms with Crippen LogP contribution in [0.1, 0.15) is 59.2 Å². The summed E-state index contributed by atoms with van der Waals surface area (Å²) >= 11 is 0. The van der Waals surface area contributed by atoms with Crippen LogP contribution in [0.3, 0.4) is 0 Å². The van der Waals surface area contributed by atoms with Gasteiger partial charge >= 0.3 is 6.18 Å². The van der Waals surface area contributed by atoms with Crippen molar-refractivity contribution in [1.29, 1.82) is 0 Å². The molecular formula is C20H22F3N3O3. The van der Waals surface area contributed by atoms with Gasteiger partial charge in [-0.1, -0.05) is 5.16 Å². The fraction of sp³-hybridized carbons (Fsp3) is 0.550. The van der Waals surface area contributed by atoms with Crippen molar-refractivity contribution in [3.8, 4) is 0 Å². The molecule has 1 amide bonds. The van der Waals surface area contributed by atoms with E-state index in [0.717, 1.165) is 18.7 Å². The first-order valence-corrected chi connectivity index (χ1v) is 9.77. The molecule has 1 aliphatic carbocycles. The van der Waals surface area contributed by atoms with E-state index in [-0.39, 0.29) is 17.4 Å². The summed E-state index contributed by atoms with van der Waals surface area (Å²) in [6.45, 7) is 2.02. The molecule has 2 aliphatic rings. The van der Waals surface area contributed by atoms with Gasteiger partial charge in [0.05, 0.1) is 12.2 Å². The maximum absolute atomic E-state index is 12.7. The molecule has 1 saturated heterocycles. The molecule has 2 fully saturated rings. The zero-order valence-electron chi connectivity index (χ0n) is 15.8. The largest absolute Gasteiger partial charge is 0.416 e. The lowest BCUT2D eigenvalue weighted by Gasteiger charge is -2.30. The molecule has 1 aliphatic heterocycles. The number of hydrogen-bond donors (Lipinski definition) is 0. The Labute approximate surface area is 166 Å². The Hall–Kier alpha value is -2.42. The number of carbonyl (C=O) groups excluding carboxylic acids is 1. The number of aromatic nitrogens is 2. The van der Waals surface area contributed by atoms with Gasteiger partial charge in [-0.3, -0.25) is 4.79 Å². The molecule has 0 N–H and O–H groups in total. The molecular weight excluding hydrogens is 387 g/mol. The smallest absolute Gasteiger partial charge is 0.371 e. The number of halogens is 3. The molecule has 0 spiro atoms. The predicted molar refractivity (Wildman–Crippen MR) is 96.0 cm³/mol. The molecule has 0 unspecified atom stereocenters. The minimum Gasteiger partial charge on any atom is -0.371 e. The molecule has 0 radical (unpaired) electrons. The van der Waals surface area contributed by atoms with Gasteiger partial charge in [0.15, 0.2) is 5.82 Å². The minimum absolute atomic E-state index is 0.0904. The molecule has 2 aromatic rings. The van der Waals surface area contributed by atoms with Crippen LogP contribution in [0.15, 0.2) is 28.8 Å². The lowest BCUT2D eigenvalue weighted by atomic mass is 9.95. The Morgan fingerprint density at radius 1 is 1.14 bits per heavy atom. The average Bonchev–Trinajstić information content (AvgIpc) is 3.42. The highest BCUT2D eigenvalue weighted by molar-refractivity contribution is 5.94. The molecule has 9 heteroatoms. The molecule has 4 rings (SSSR count). The summed E-state index contributed by atoms with van der Waals surface area (Å²) < 4.78 is 48.8. The molecule has 6 nitrogen and oxygen atoms in total. The second-order valence-corrected chi connectivity index (χ2v) is 7.65. The number of rotatable bonds is 6. The van der Waals surface area contributed by atoms with E-state index in [2.05, 4.69) is 10.1 Å². The van der Waals surface area contributed by atoms with Crippen molar-refractivity contribution in [2.45, 2.75) is 44.4 Å². The highest BCUT2D eigenvalue weighted by atomic mass is 19.4. The molecule has 0 bridgehead atoms. The van der Waals surface area contributed by atoms with Gasteiger partial charge in [0, 0.05) is 24.6 Å². The monoisotopic (exact) mass is 409 g/mol. The van der Waals surface area contributed by atoms with Crippen LogP contribution in [0, 0.1) is 5.92 Å². The summed E-state index contributed by atoms with van der Waals surface area (Å²) in [5, 5.41) is 4.04. The topological polar surface area (TPSA) is 68.5 Å². The van der Waals surface area contributed by atoms with Crippen molar-refractivity contribution in [1.82, 2.24) is 15.0 Å². The second kappa shape index (κ2) is 8.14. The van der Waals surface area contributed by atoms with Crippen LogP contribution in [0.2, 0.25) is 0 Å². The van der Waals surface area contributed by atoms with Gasteiger partial charge in [0.2, 0.25) is 0 Å². The maximum atomic E-state index is 12.7. The van der Waals surface area contributed by atoms with E-state index in [1.165, 1.54) is 25.0 Å². The Balaban J connectivity index is 1.28. The first kappa shape index (κ1) is 19.9. The zero-order chi connectivity index (χ0) is 20.4. The molecule has 2 heterocycles. The fourth-order valence-electron chi connectivity index (χ4n) is 3.42. The predicted octanol–water partition coefficient (Wildman–Crippen LogP) is 4.03. The van der Waals surface area contributed by atoms with E-state index in [4.69, 9.17) is 9.26 Å². The van der Waals surface area contributed by atoms with Crippen LogP contribution in [-0.2, 0) is 17.5 Å². The van der Waals surface area contributed by atoms with Crippen molar-refractivity contribution in [2.24, 2.45) is 5.92 Å². The first-order chi connectivity index (χ1) is 13.9. The number of alkyl halides is 3. The molecule has 1 aromatic carbocycles. The van der Waals surface area contributed by atoms with E-state index < -0.39 is 11.7 Å².